The van der Waals surface area contributed by atoms with E-state index in [9.17, 15) is 14.4 Å². The third-order valence-corrected chi connectivity index (χ3v) is 12.2. The van der Waals surface area contributed by atoms with Crippen LogP contribution in [0.25, 0.3) is 16.3 Å². The number of aryl methyl sites for hydroxylation is 1. The van der Waals surface area contributed by atoms with Crippen LogP contribution in [0, 0.1) is 0 Å². The summed E-state index contributed by atoms with van der Waals surface area (Å²) in [5.74, 6) is -0.150. The van der Waals surface area contributed by atoms with E-state index in [1.54, 1.807) is 47.2 Å². The summed E-state index contributed by atoms with van der Waals surface area (Å²) in [6.07, 6.45) is 14.2. The molecular weight excluding hydrogens is 787 g/mol. The Bertz CT molecular complexity index is 2070. The highest BCUT2D eigenvalue weighted by Crippen LogP contribution is 2.47. The fourth-order valence-corrected chi connectivity index (χ4v) is 9.22. The normalized spacial score (nSPS) is 15.7. The number of hydrogen-bond donors (Lipinski definition) is 1. The number of thioether (sulfide) groups is 1. The Hall–Kier alpha value is -4.12. The van der Waals surface area contributed by atoms with Crippen molar-refractivity contribution in [2.45, 2.75) is 89.7 Å². The van der Waals surface area contributed by atoms with Crippen molar-refractivity contribution in [2.24, 2.45) is 0 Å². The summed E-state index contributed by atoms with van der Waals surface area (Å²) < 4.78 is 23.7. The predicted molar refractivity (Wildman–Crippen MR) is 226 cm³/mol. The fourth-order valence-electron chi connectivity index (χ4n) is 6.64. The van der Waals surface area contributed by atoms with E-state index in [1.807, 2.05) is 45.0 Å². The van der Waals surface area contributed by atoms with E-state index in [0.29, 0.717) is 29.8 Å². The second-order valence-corrected chi connectivity index (χ2v) is 17.4. The van der Waals surface area contributed by atoms with Crippen LogP contribution < -0.4 is 9.47 Å². The smallest absolute Gasteiger partial charge is 0.414 e. The number of fused-ring (bicyclic) bond motifs is 2. The number of carbonyl (C=O) groups is 3. The van der Waals surface area contributed by atoms with Crippen molar-refractivity contribution in [1.82, 2.24) is 4.90 Å². The predicted octanol–water partition coefficient (Wildman–Crippen LogP) is 10.1. The number of hydrogen-bond acceptors (Lipinski definition) is 13. The average molecular weight is 839 g/mol. The third kappa shape index (κ3) is 11.3. The highest BCUT2D eigenvalue weighted by atomic mass is 32.2. The molecular formula is C42H52N3O9S3+. The average Bonchev–Trinajstić information content (AvgIpc) is 3.88. The van der Waals surface area contributed by atoms with Gasteiger partial charge in [-0.15, -0.1) is 4.33 Å². The minimum atomic E-state index is -0.678. The molecule has 2 heterocycles. The van der Waals surface area contributed by atoms with Gasteiger partial charge in [0.1, 0.15) is 10.3 Å². The van der Waals surface area contributed by atoms with Crippen LogP contribution in [0.3, 0.4) is 0 Å². The molecule has 2 aliphatic rings. The van der Waals surface area contributed by atoms with E-state index in [1.165, 1.54) is 14.2 Å². The second kappa shape index (κ2) is 20.5. The van der Waals surface area contributed by atoms with Crippen LogP contribution in [0.4, 0.5) is 10.5 Å². The quantitative estimate of drug-likeness (QED) is 0.0264. The number of ether oxygens (including phenoxy) is 3. The molecule has 0 saturated heterocycles. The lowest BCUT2D eigenvalue weighted by Crippen LogP contribution is -2.35. The van der Waals surface area contributed by atoms with E-state index in [0.717, 1.165) is 105 Å². The number of thiazole rings is 1. The maximum atomic E-state index is 13.6. The molecule has 2 aromatic carbocycles. The summed E-state index contributed by atoms with van der Waals surface area (Å²) >= 11 is 4.31. The van der Waals surface area contributed by atoms with Crippen molar-refractivity contribution in [3.05, 3.63) is 92.6 Å². The zero-order valence-electron chi connectivity index (χ0n) is 33.6. The molecule has 3 aromatic rings. The van der Waals surface area contributed by atoms with E-state index in [-0.39, 0.29) is 5.97 Å². The number of allylic oxidation sites excluding steroid dienone is 5. The highest BCUT2D eigenvalue weighted by molar-refractivity contribution is 8.03. The number of nitrogens with zero attached hydrogens (tertiary/aromatic N) is 3. The van der Waals surface area contributed by atoms with Crippen LogP contribution in [0.15, 0.2) is 81.4 Å². The van der Waals surface area contributed by atoms with Crippen LogP contribution in [0.5, 0.6) is 0 Å². The van der Waals surface area contributed by atoms with Gasteiger partial charge in [0.25, 0.3) is 5.01 Å². The van der Waals surface area contributed by atoms with Gasteiger partial charge >= 0.3 is 18.0 Å². The van der Waals surface area contributed by atoms with Gasteiger partial charge in [-0.2, -0.15) is 4.57 Å². The Labute approximate surface area is 347 Å². The van der Waals surface area contributed by atoms with Crippen molar-refractivity contribution < 1.29 is 47.8 Å². The Kier molecular flexibility index (Phi) is 15.8. The summed E-state index contributed by atoms with van der Waals surface area (Å²) in [4.78, 5) is 43.3. The van der Waals surface area contributed by atoms with Gasteiger partial charge in [-0.1, -0.05) is 47.6 Å². The first-order valence-electron chi connectivity index (χ1n) is 19.0. The first-order chi connectivity index (χ1) is 27.4. The molecule has 57 heavy (non-hydrogen) atoms. The van der Waals surface area contributed by atoms with Crippen molar-refractivity contribution >= 4 is 75.2 Å². The molecule has 306 valence electrons. The summed E-state index contributed by atoms with van der Waals surface area (Å²) in [7, 11) is 4.52. The lowest BCUT2D eigenvalue weighted by atomic mass is 10.1. The number of likely N-dealkylation sites (N-methyl/N-ethyl adjacent to an activating group) is 1. The largest absolute Gasteiger partial charge is 0.465 e. The molecule has 15 heteroatoms. The Morgan fingerprint density at radius 3 is 2.40 bits per heavy atom. The van der Waals surface area contributed by atoms with Gasteiger partial charge in [0.05, 0.1) is 41.8 Å². The van der Waals surface area contributed by atoms with Gasteiger partial charge in [-0.3, -0.25) is 4.90 Å². The molecule has 12 nitrogen and oxygen atoms in total. The lowest BCUT2D eigenvalue weighted by Gasteiger charge is -2.26. The van der Waals surface area contributed by atoms with E-state index < -0.39 is 17.7 Å². The third-order valence-electron chi connectivity index (χ3n) is 9.35. The molecule has 1 aliphatic heterocycles. The summed E-state index contributed by atoms with van der Waals surface area (Å²) in [6, 6.07) is 11.3. The Morgan fingerprint density at radius 2 is 1.70 bits per heavy atom. The standard InChI is InChI=1S/C42H51N3O9S3/c1-8-9-10-23-44-32-26-30(39(46)50-6)15-19-34(32)56-36(44)21-17-28-13-14-29(38(28)43(5)41(48)52-42(2,3)4)18-22-37-45(24-11-12-25-55-54-53-49)33-27-31(40(47)51-7)16-20-35(33)57-37/h15-22,26-27H,8-14,23-25H2,1-7H3/p+1. The van der Waals surface area contributed by atoms with Crippen molar-refractivity contribution in [3.8, 4) is 0 Å². The van der Waals surface area contributed by atoms with Gasteiger partial charge in [0.15, 0.2) is 6.54 Å². The number of carbonyl (C=O) groups excluding carboxylic acids is 3. The second-order valence-electron chi connectivity index (χ2n) is 14.5. The number of rotatable bonds is 17. The number of esters is 2. The molecule has 0 atom stereocenters. The van der Waals surface area contributed by atoms with Gasteiger partial charge < -0.3 is 19.1 Å². The monoisotopic (exact) mass is 838 g/mol. The highest BCUT2D eigenvalue weighted by Gasteiger charge is 2.30. The molecule has 1 aliphatic carbocycles. The molecule has 0 spiro atoms. The van der Waals surface area contributed by atoms with Crippen molar-refractivity contribution in [2.75, 3.05) is 38.5 Å². The molecule has 0 fully saturated rings. The Morgan fingerprint density at radius 1 is 0.965 bits per heavy atom. The minimum absolute atomic E-state index is 0.367. The zero-order chi connectivity index (χ0) is 41.1. The molecule has 0 radical (unpaired) electrons. The molecule has 5 rings (SSSR count). The maximum absolute atomic E-state index is 13.6. The van der Waals surface area contributed by atoms with E-state index in [2.05, 4.69) is 50.1 Å². The topological polar surface area (TPSA) is 128 Å². The Balaban J connectivity index is 1.53. The van der Waals surface area contributed by atoms with Crippen LogP contribution in [-0.4, -0.2) is 67.4 Å². The number of unbranched alkanes of at least 4 members (excludes halogenated alkanes) is 3. The molecule has 0 unspecified atom stereocenters. The van der Waals surface area contributed by atoms with Crippen molar-refractivity contribution in [3.63, 3.8) is 0 Å². The maximum Gasteiger partial charge on any atom is 0.414 e. The van der Waals surface area contributed by atoms with Crippen LogP contribution >= 0.6 is 35.1 Å². The molecule has 1 aromatic heterocycles. The number of aromatic nitrogens is 1. The SMILES string of the molecule is CCCCC[n+]1c(/C=C/C2=C(N(C)C(=O)OC(C)(C)C)C(=C/C=C3\Sc4ccc(C(=O)OC)cc4N3CCCCSOOO)/CC2)sc2ccc(C(=O)OC)cc21. The molecule has 0 saturated carbocycles. The fraction of sp³-hybridized carbons (Fsp3) is 0.429. The van der Waals surface area contributed by atoms with Gasteiger partial charge in [-0.25, -0.2) is 19.6 Å². The molecule has 0 bridgehead atoms. The zero-order valence-corrected chi connectivity index (χ0v) is 36.1. The lowest BCUT2D eigenvalue weighted by molar-refractivity contribution is -0.669. The van der Waals surface area contributed by atoms with Crippen LogP contribution in [-0.2, 0) is 30.1 Å². The summed E-state index contributed by atoms with van der Waals surface area (Å²) in [5.41, 5.74) is 5.01. The van der Waals surface area contributed by atoms with Crippen molar-refractivity contribution in [1.29, 1.82) is 0 Å². The van der Waals surface area contributed by atoms with Crippen LogP contribution in [0.1, 0.15) is 98.4 Å². The molecule has 1 amide bonds. The van der Waals surface area contributed by atoms with Gasteiger partial charge in [0.2, 0.25) is 5.52 Å². The minimum Gasteiger partial charge on any atom is -0.465 e. The summed E-state index contributed by atoms with van der Waals surface area (Å²) in [5, 5.41) is 14.2. The number of methoxy groups -OCH3 is 2. The van der Waals surface area contributed by atoms with Crippen LogP contribution in [0.2, 0.25) is 0 Å². The van der Waals surface area contributed by atoms with E-state index in [4.69, 9.17) is 19.5 Å². The number of amides is 1. The van der Waals surface area contributed by atoms with Gasteiger partial charge in [-0.05, 0) is 107 Å². The van der Waals surface area contributed by atoms with Gasteiger partial charge in [0, 0.05) is 54.8 Å². The summed E-state index contributed by atoms with van der Waals surface area (Å²) in [6.45, 7) is 9.23. The molecule has 1 N–H and O–H groups in total. The number of anilines is 1. The first-order valence-corrected chi connectivity index (χ1v) is 21.5. The first kappa shape index (κ1) is 44.0. The number of benzene rings is 2. The van der Waals surface area contributed by atoms with E-state index >= 15 is 0 Å².